The molecule has 174 valence electrons. The van der Waals surface area contributed by atoms with Gasteiger partial charge in [0, 0.05) is 12.1 Å². The summed E-state index contributed by atoms with van der Waals surface area (Å²) in [5.41, 5.74) is 3.04. The summed E-state index contributed by atoms with van der Waals surface area (Å²) in [5.74, 6) is -0.580. The maximum Gasteiger partial charge on any atom is 0.335 e. The molecule has 2 N–H and O–H groups in total. The molecule has 0 aromatic heterocycles. The summed E-state index contributed by atoms with van der Waals surface area (Å²) in [6.45, 7) is 0.333. The number of amides is 1. The van der Waals surface area contributed by atoms with Crippen LogP contribution in [0.3, 0.4) is 0 Å². The molecule has 0 fully saturated rings. The van der Waals surface area contributed by atoms with Crippen LogP contribution >= 0.6 is 0 Å². The topological polar surface area (TPSA) is 96.3 Å². The number of carbonyl (C=O) groups excluding carboxylic acids is 1. The predicted molar refractivity (Wildman–Crippen MR) is 127 cm³/mol. The van der Waals surface area contributed by atoms with Gasteiger partial charge in [-0.3, -0.25) is 4.79 Å². The summed E-state index contributed by atoms with van der Waals surface area (Å²) in [6, 6.07) is 20.6. The van der Waals surface area contributed by atoms with Gasteiger partial charge >= 0.3 is 5.97 Å². The molecule has 7 heteroatoms. The first-order valence-corrected chi connectivity index (χ1v) is 10.8. The van der Waals surface area contributed by atoms with Crippen LogP contribution in [0.1, 0.15) is 33.1 Å². The Hall–Kier alpha value is -4.26. The number of carboxylic acid groups (broad SMARTS) is 1. The first-order chi connectivity index (χ1) is 16.4. The number of rotatable bonds is 8. The lowest BCUT2D eigenvalue weighted by Gasteiger charge is -2.27. The second-order valence-electron chi connectivity index (χ2n) is 7.90. The van der Waals surface area contributed by atoms with Gasteiger partial charge in [0.25, 0.3) is 5.91 Å². The van der Waals surface area contributed by atoms with Crippen molar-refractivity contribution in [3.05, 3.63) is 101 Å². The number of carboxylic acids is 1. The standard InChI is InChI=1S/C27H25NO6/c1-33-21-13-8-17(16-22(21)34-2)14-15-28-24(19-9-11-20(12-10-19)27(31)32)23(25(29)26(28)30)18-6-4-3-5-7-18/h3-13,16,24,29H,14-15H2,1-2H3,(H,31,32). The van der Waals surface area contributed by atoms with Crippen molar-refractivity contribution < 1.29 is 29.3 Å². The molecule has 0 aliphatic carbocycles. The number of nitrogens with zero attached hydrogens (tertiary/aromatic N) is 1. The van der Waals surface area contributed by atoms with Crippen LogP contribution in [0.5, 0.6) is 11.5 Å². The Labute approximate surface area is 197 Å². The third kappa shape index (κ3) is 4.32. The van der Waals surface area contributed by atoms with E-state index in [1.165, 1.54) is 12.1 Å². The van der Waals surface area contributed by atoms with E-state index in [2.05, 4.69) is 0 Å². The van der Waals surface area contributed by atoms with Crippen molar-refractivity contribution in [1.82, 2.24) is 4.90 Å². The highest BCUT2D eigenvalue weighted by atomic mass is 16.5. The van der Waals surface area contributed by atoms with Gasteiger partial charge in [0.05, 0.1) is 25.8 Å². The van der Waals surface area contributed by atoms with Crippen LogP contribution in [-0.4, -0.2) is 47.8 Å². The molecule has 34 heavy (non-hydrogen) atoms. The number of hydrogen-bond donors (Lipinski definition) is 2. The Morgan fingerprint density at radius 2 is 1.62 bits per heavy atom. The maximum atomic E-state index is 13.2. The molecule has 0 spiro atoms. The summed E-state index contributed by atoms with van der Waals surface area (Å²) < 4.78 is 10.7. The van der Waals surface area contributed by atoms with Crippen molar-refractivity contribution >= 4 is 17.4 Å². The van der Waals surface area contributed by atoms with Crippen LogP contribution in [0, 0.1) is 0 Å². The second-order valence-corrected chi connectivity index (χ2v) is 7.90. The van der Waals surface area contributed by atoms with Crippen molar-refractivity contribution in [3.63, 3.8) is 0 Å². The molecule has 1 amide bonds. The SMILES string of the molecule is COc1ccc(CCN2C(=O)C(O)=C(c3ccccc3)C2c2ccc(C(=O)O)cc2)cc1OC. The Morgan fingerprint density at radius 3 is 2.24 bits per heavy atom. The van der Waals surface area contributed by atoms with E-state index in [9.17, 15) is 19.8 Å². The van der Waals surface area contributed by atoms with Gasteiger partial charge in [0.1, 0.15) is 0 Å². The highest BCUT2D eigenvalue weighted by Gasteiger charge is 2.40. The minimum atomic E-state index is -1.03. The lowest BCUT2D eigenvalue weighted by atomic mass is 9.93. The number of aliphatic hydroxyl groups excluding tert-OH is 1. The van der Waals surface area contributed by atoms with Crippen molar-refractivity contribution in [1.29, 1.82) is 0 Å². The summed E-state index contributed by atoms with van der Waals surface area (Å²) in [7, 11) is 3.14. The van der Waals surface area contributed by atoms with E-state index < -0.39 is 17.9 Å². The number of ether oxygens (including phenoxy) is 2. The molecule has 1 aliphatic rings. The predicted octanol–water partition coefficient (Wildman–Crippen LogP) is 4.50. The summed E-state index contributed by atoms with van der Waals surface area (Å²) in [5, 5.41) is 20.1. The lowest BCUT2D eigenvalue weighted by Crippen LogP contribution is -2.32. The fourth-order valence-corrected chi connectivity index (χ4v) is 4.24. The van der Waals surface area contributed by atoms with Gasteiger partial charge in [-0.1, -0.05) is 48.5 Å². The molecule has 1 heterocycles. The molecule has 1 atom stereocenters. The Bertz CT molecular complexity index is 1230. The molecule has 4 rings (SSSR count). The molecule has 0 saturated heterocycles. The fourth-order valence-electron chi connectivity index (χ4n) is 4.24. The first-order valence-electron chi connectivity index (χ1n) is 10.8. The molecule has 0 saturated carbocycles. The van der Waals surface area contributed by atoms with Gasteiger partial charge in [-0.2, -0.15) is 0 Å². The monoisotopic (exact) mass is 459 g/mol. The Kier molecular flexibility index (Phi) is 6.54. The quantitative estimate of drug-likeness (QED) is 0.515. The molecular formula is C27H25NO6. The average molecular weight is 459 g/mol. The first kappa shape index (κ1) is 22.9. The lowest BCUT2D eigenvalue weighted by molar-refractivity contribution is -0.129. The number of benzene rings is 3. The van der Waals surface area contributed by atoms with Crippen LogP contribution in [0.4, 0.5) is 0 Å². The number of aliphatic hydroxyl groups is 1. The zero-order valence-corrected chi connectivity index (χ0v) is 18.9. The van der Waals surface area contributed by atoms with Gasteiger partial charge in [-0.25, -0.2) is 4.79 Å². The van der Waals surface area contributed by atoms with Crippen LogP contribution in [0.15, 0.2) is 78.6 Å². The summed E-state index contributed by atoms with van der Waals surface area (Å²) in [6.07, 6.45) is 0.519. The minimum absolute atomic E-state index is 0.152. The van der Waals surface area contributed by atoms with Crippen LogP contribution in [0.2, 0.25) is 0 Å². The molecule has 3 aromatic carbocycles. The molecule has 7 nitrogen and oxygen atoms in total. The number of carbonyl (C=O) groups is 2. The van der Waals surface area contributed by atoms with Gasteiger partial charge in [0.15, 0.2) is 17.3 Å². The third-order valence-corrected chi connectivity index (χ3v) is 5.95. The minimum Gasteiger partial charge on any atom is -0.503 e. The van der Waals surface area contributed by atoms with Crippen LogP contribution in [0.25, 0.3) is 5.57 Å². The maximum absolute atomic E-state index is 13.2. The highest BCUT2D eigenvalue weighted by Crippen LogP contribution is 2.43. The van der Waals surface area contributed by atoms with Crippen molar-refractivity contribution in [3.8, 4) is 11.5 Å². The molecule has 1 unspecified atom stereocenters. The third-order valence-electron chi connectivity index (χ3n) is 5.95. The smallest absolute Gasteiger partial charge is 0.335 e. The van der Waals surface area contributed by atoms with Gasteiger partial charge < -0.3 is 24.6 Å². The Balaban J connectivity index is 1.69. The molecule has 3 aromatic rings. The number of methoxy groups -OCH3 is 2. The fraction of sp³-hybridized carbons (Fsp3) is 0.185. The zero-order chi connectivity index (χ0) is 24.2. The Morgan fingerprint density at radius 1 is 0.941 bits per heavy atom. The molecular weight excluding hydrogens is 434 g/mol. The van der Waals surface area contributed by atoms with Crippen molar-refractivity contribution in [2.24, 2.45) is 0 Å². The highest BCUT2D eigenvalue weighted by molar-refractivity contribution is 6.05. The van der Waals surface area contributed by atoms with Gasteiger partial charge in [0.2, 0.25) is 0 Å². The zero-order valence-electron chi connectivity index (χ0n) is 18.9. The summed E-state index contributed by atoms with van der Waals surface area (Å²) >= 11 is 0. The number of hydrogen-bond acceptors (Lipinski definition) is 5. The van der Waals surface area contributed by atoms with Gasteiger partial charge in [-0.05, 0) is 47.4 Å². The molecule has 0 radical (unpaired) electrons. The van der Waals surface area contributed by atoms with Gasteiger partial charge in [-0.15, -0.1) is 0 Å². The van der Waals surface area contributed by atoms with Crippen LogP contribution < -0.4 is 9.47 Å². The van der Waals surface area contributed by atoms with E-state index in [1.807, 2.05) is 48.5 Å². The van der Waals surface area contributed by atoms with E-state index in [0.717, 1.165) is 11.1 Å². The van der Waals surface area contributed by atoms with E-state index in [1.54, 1.807) is 31.3 Å². The van der Waals surface area contributed by atoms with E-state index in [0.29, 0.717) is 35.6 Å². The molecule has 0 bridgehead atoms. The summed E-state index contributed by atoms with van der Waals surface area (Å²) in [4.78, 5) is 26.1. The van der Waals surface area contributed by atoms with E-state index in [-0.39, 0.29) is 11.3 Å². The molecule has 1 aliphatic heterocycles. The van der Waals surface area contributed by atoms with Crippen LogP contribution in [-0.2, 0) is 11.2 Å². The van der Waals surface area contributed by atoms with E-state index >= 15 is 0 Å². The van der Waals surface area contributed by atoms with Crippen molar-refractivity contribution in [2.75, 3.05) is 20.8 Å². The average Bonchev–Trinajstić information content (AvgIpc) is 3.12. The van der Waals surface area contributed by atoms with E-state index in [4.69, 9.17) is 9.47 Å². The normalized spacial score (nSPS) is 15.5. The number of aromatic carboxylic acids is 1. The second kappa shape index (κ2) is 9.70. The van der Waals surface area contributed by atoms with Crippen molar-refractivity contribution in [2.45, 2.75) is 12.5 Å². The largest absolute Gasteiger partial charge is 0.503 e.